The van der Waals surface area contributed by atoms with Gasteiger partial charge in [0.05, 0.1) is 44.1 Å². The van der Waals surface area contributed by atoms with Crippen LogP contribution in [0.4, 0.5) is 0 Å². The number of nitrogens with one attached hydrogen (secondary N) is 2. The maximum absolute atomic E-state index is 9.85. The molecule has 0 amide bonds. The molecule has 0 bridgehead atoms. The fourth-order valence-corrected chi connectivity index (χ4v) is 4.00. The molecule has 0 saturated heterocycles. The lowest BCUT2D eigenvalue weighted by Gasteiger charge is -2.45. The van der Waals surface area contributed by atoms with Crippen molar-refractivity contribution < 1.29 is 4.90 Å². The van der Waals surface area contributed by atoms with Crippen LogP contribution in [0.1, 0.15) is 11.5 Å². The summed E-state index contributed by atoms with van der Waals surface area (Å²) in [5.41, 5.74) is -0.0174. The van der Waals surface area contributed by atoms with Gasteiger partial charge in [-0.2, -0.15) is 15.8 Å². The van der Waals surface area contributed by atoms with Crippen LogP contribution in [-0.2, 0) is 0 Å². The third-order valence-electron chi connectivity index (χ3n) is 5.15. The Balaban J connectivity index is 2.26. The molecule has 0 aromatic carbocycles. The highest BCUT2D eigenvalue weighted by Crippen LogP contribution is 2.52. The molecule has 1 fully saturated rings. The van der Waals surface area contributed by atoms with E-state index in [0.29, 0.717) is 0 Å². The highest BCUT2D eigenvalue weighted by Gasteiger charge is 2.58. The average molecular weight is 317 g/mol. The van der Waals surface area contributed by atoms with Gasteiger partial charge in [0.15, 0.2) is 5.41 Å². The zero-order valence-corrected chi connectivity index (χ0v) is 13.3. The third kappa shape index (κ3) is 2.11. The summed E-state index contributed by atoms with van der Waals surface area (Å²) in [6, 6.07) is 9.92. The second-order valence-electron chi connectivity index (χ2n) is 6.44. The summed E-state index contributed by atoms with van der Waals surface area (Å²) in [5.74, 6) is -1.37. The summed E-state index contributed by atoms with van der Waals surface area (Å²) >= 11 is 0. The van der Waals surface area contributed by atoms with Crippen LogP contribution in [0.2, 0.25) is 0 Å². The summed E-state index contributed by atoms with van der Waals surface area (Å²) in [6.45, 7) is 1.52. The summed E-state index contributed by atoms with van der Waals surface area (Å²) in [5, 5.41) is 37.7. The van der Waals surface area contributed by atoms with Crippen LogP contribution in [0, 0.1) is 56.7 Å². The Labute approximate surface area is 140 Å². The number of quaternary nitrogens is 1. The van der Waals surface area contributed by atoms with Gasteiger partial charge < -0.3 is 10.3 Å². The van der Waals surface area contributed by atoms with Gasteiger partial charge >= 0.3 is 0 Å². The Bertz CT molecular complexity index is 806. The monoisotopic (exact) mass is 317 g/mol. The molecule has 2 N–H and O–H groups in total. The first-order valence-electron chi connectivity index (χ1n) is 7.81. The predicted octanol–water partition coefficient (Wildman–Crippen LogP) is 0.443. The van der Waals surface area contributed by atoms with Crippen molar-refractivity contribution in [2.75, 3.05) is 20.1 Å². The molecular weight excluding hydrogens is 300 g/mol. The number of hydrogen-bond donors (Lipinski definition) is 2. The maximum Gasteiger partial charge on any atom is 0.189 e. The van der Waals surface area contributed by atoms with E-state index in [1.165, 1.54) is 4.90 Å². The van der Waals surface area contributed by atoms with Gasteiger partial charge in [0.25, 0.3) is 0 Å². The smallest absolute Gasteiger partial charge is 0.189 e. The first kappa shape index (κ1) is 15.9. The fourth-order valence-electron chi connectivity index (χ4n) is 4.00. The van der Waals surface area contributed by atoms with E-state index in [4.69, 9.17) is 5.41 Å². The minimum absolute atomic E-state index is 0.0983. The van der Waals surface area contributed by atoms with Crippen molar-refractivity contribution in [2.45, 2.75) is 5.92 Å². The van der Waals surface area contributed by atoms with Gasteiger partial charge in [0, 0.05) is 24.2 Å². The molecule has 1 aliphatic carbocycles. The second kappa shape index (κ2) is 5.89. The highest BCUT2D eigenvalue weighted by molar-refractivity contribution is 6.00. The first-order valence-corrected chi connectivity index (χ1v) is 7.81. The summed E-state index contributed by atoms with van der Waals surface area (Å²) in [7, 11) is 2.05. The quantitative estimate of drug-likeness (QED) is 0.732. The number of fused-ring (bicyclic) bond motifs is 1. The number of likely N-dealkylation sites (N-methyl/N-ethyl adjacent to an activating group) is 1. The van der Waals surface area contributed by atoms with Crippen LogP contribution in [0.3, 0.4) is 0 Å². The molecule has 24 heavy (non-hydrogen) atoms. The van der Waals surface area contributed by atoms with E-state index in [1.54, 1.807) is 24.5 Å². The van der Waals surface area contributed by atoms with Gasteiger partial charge in [-0.1, -0.05) is 0 Å². The molecule has 118 valence electrons. The van der Waals surface area contributed by atoms with Crippen LogP contribution in [0.15, 0.2) is 36.2 Å². The van der Waals surface area contributed by atoms with Crippen LogP contribution >= 0.6 is 0 Å². The SMILES string of the molecule is C[NH+]1CC=C2C(C#N)C(=N)C(C#N)(C#N)[C@@H](c3ccncc3)[C@H]2C1. The Morgan fingerprint density at radius 1 is 1.25 bits per heavy atom. The van der Waals surface area contributed by atoms with Crippen LogP contribution < -0.4 is 4.90 Å². The van der Waals surface area contributed by atoms with E-state index < -0.39 is 17.3 Å². The molecule has 0 spiro atoms. The van der Waals surface area contributed by atoms with Crippen molar-refractivity contribution in [1.29, 1.82) is 21.2 Å². The van der Waals surface area contributed by atoms with E-state index in [-0.39, 0.29) is 11.6 Å². The van der Waals surface area contributed by atoms with Crippen molar-refractivity contribution >= 4 is 5.71 Å². The summed E-state index contributed by atoms with van der Waals surface area (Å²) < 4.78 is 0. The molecule has 6 nitrogen and oxygen atoms in total. The standard InChI is InChI=1S/C18H16N6/c1-24-7-4-13-14(8-19)17(22)18(10-20,11-21)16(15(13)9-24)12-2-5-23-6-3-12/h2-6,14-16,22H,7,9H2,1H3/p+1/t14?,15-,16-/m0/s1. The minimum Gasteiger partial charge on any atom is -0.334 e. The molecule has 3 rings (SSSR count). The molecule has 4 atom stereocenters. The van der Waals surface area contributed by atoms with E-state index in [9.17, 15) is 15.8 Å². The lowest BCUT2D eigenvalue weighted by molar-refractivity contribution is -0.878. The first-order chi connectivity index (χ1) is 11.6. The summed E-state index contributed by atoms with van der Waals surface area (Å²) in [6.07, 6.45) is 5.29. The average Bonchev–Trinajstić information content (AvgIpc) is 2.62. The lowest BCUT2D eigenvalue weighted by Crippen LogP contribution is -3.10. The van der Waals surface area contributed by atoms with Crippen molar-refractivity contribution in [2.24, 2.45) is 17.3 Å². The van der Waals surface area contributed by atoms with Crippen molar-refractivity contribution in [3.05, 3.63) is 41.7 Å². The molecule has 0 radical (unpaired) electrons. The zero-order valence-electron chi connectivity index (χ0n) is 13.3. The maximum atomic E-state index is 9.85. The number of aromatic nitrogens is 1. The Hall–Kier alpha value is -3.01. The number of hydrogen-bond acceptors (Lipinski definition) is 5. The molecule has 2 aliphatic rings. The minimum atomic E-state index is -1.62. The van der Waals surface area contributed by atoms with E-state index in [2.05, 4.69) is 30.2 Å². The van der Waals surface area contributed by atoms with E-state index in [1.807, 2.05) is 6.08 Å². The topological polar surface area (TPSA) is 113 Å². The van der Waals surface area contributed by atoms with Gasteiger partial charge in [0.1, 0.15) is 5.92 Å². The molecule has 1 saturated carbocycles. The van der Waals surface area contributed by atoms with Crippen LogP contribution in [0.5, 0.6) is 0 Å². The van der Waals surface area contributed by atoms with Crippen LogP contribution in [0.25, 0.3) is 0 Å². The number of nitriles is 3. The fraction of sp³-hybridized carbons (Fsp3) is 0.389. The van der Waals surface area contributed by atoms with Crippen molar-refractivity contribution in [3.63, 3.8) is 0 Å². The van der Waals surface area contributed by atoms with Crippen molar-refractivity contribution in [3.8, 4) is 18.2 Å². The van der Waals surface area contributed by atoms with E-state index in [0.717, 1.165) is 24.2 Å². The molecule has 6 heteroatoms. The predicted molar refractivity (Wildman–Crippen MR) is 85.7 cm³/mol. The normalized spacial score (nSPS) is 30.9. The largest absolute Gasteiger partial charge is 0.334 e. The van der Waals surface area contributed by atoms with Crippen molar-refractivity contribution in [1.82, 2.24) is 4.98 Å². The molecule has 1 aliphatic heterocycles. The van der Waals surface area contributed by atoms with Gasteiger partial charge in [-0.25, -0.2) is 0 Å². The highest BCUT2D eigenvalue weighted by atomic mass is 15.1. The Morgan fingerprint density at radius 3 is 2.50 bits per heavy atom. The Morgan fingerprint density at radius 2 is 1.92 bits per heavy atom. The van der Waals surface area contributed by atoms with Gasteiger partial charge in [-0.15, -0.1) is 0 Å². The lowest BCUT2D eigenvalue weighted by atomic mass is 9.54. The molecule has 1 aromatic heterocycles. The molecule has 2 heterocycles. The van der Waals surface area contributed by atoms with Gasteiger partial charge in [0.2, 0.25) is 0 Å². The third-order valence-corrected chi connectivity index (χ3v) is 5.15. The van der Waals surface area contributed by atoms with Crippen LogP contribution in [-0.4, -0.2) is 30.8 Å². The Kier molecular flexibility index (Phi) is 3.89. The number of pyridine rings is 1. The summed E-state index contributed by atoms with van der Waals surface area (Å²) in [4.78, 5) is 5.28. The van der Waals surface area contributed by atoms with Gasteiger partial charge in [-0.3, -0.25) is 4.98 Å². The number of nitrogens with zero attached hydrogens (tertiary/aromatic N) is 4. The van der Waals surface area contributed by atoms with Gasteiger partial charge in [-0.05, 0) is 29.3 Å². The molecule has 2 unspecified atom stereocenters. The second-order valence-corrected chi connectivity index (χ2v) is 6.44. The number of rotatable bonds is 1. The molecular formula is C18H17N6+. The van der Waals surface area contributed by atoms with E-state index >= 15 is 0 Å². The molecule has 1 aromatic rings. The zero-order chi connectivity index (χ0) is 17.3.